The first-order chi connectivity index (χ1) is 10.9. The highest BCUT2D eigenvalue weighted by Crippen LogP contribution is 2.43. The molecule has 1 aliphatic heterocycles. The maximum absolute atomic E-state index is 12.7. The third kappa shape index (κ3) is 3.70. The number of fused-ring (bicyclic) bond motifs is 1. The minimum atomic E-state index is -4.36. The zero-order valence-corrected chi connectivity index (χ0v) is 14.1. The van der Waals surface area contributed by atoms with E-state index < -0.39 is 11.7 Å². The van der Waals surface area contributed by atoms with Crippen LogP contribution in [0.3, 0.4) is 0 Å². The molecule has 0 unspecified atom stereocenters. The average Bonchev–Trinajstić information content (AvgIpc) is 2.97. The lowest BCUT2D eigenvalue weighted by molar-refractivity contribution is -0.137. The molecule has 1 aliphatic carbocycles. The van der Waals surface area contributed by atoms with E-state index in [9.17, 15) is 18.0 Å². The van der Waals surface area contributed by atoms with Crippen molar-refractivity contribution in [3.05, 3.63) is 35.4 Å². The summed E-state index contributed by atoms with van der Waals surface area (Å²) in [6, 6.07) is 5.13. The second kappa shape index (κ2) is 7.31. The average molecular weight is 363 g/mol. The van der Waals surface area contributed by atoms with Gasteiger partial charge in [-0.15, -0.1) is 12.4 Å². The van der Waals surface area contributed by atoms with Gasteiger partial charge in [0.1, 0.15) is 0 Å². The van der Waals surface area contributed by atoms with Crippen LogP contribution in [0.1, 0.15) is 36.8 Å². The minimum Gasteiger partial charge on any atom is -0.351 e. The summed E-state index contributed by atoms with van der Waals surface area (Å²) in [5.74, 6) is 0.322. The van der Waals surface area contributed by atoms with Gasteiger partial charge in [-0.2, -0.15) is 13.2 Å². The molecule has 0 radical (unpaired) electrons. The summed E-state index contributed by atoms with van der Waals surface area (Å²) in [4.78, 5) is 12.7. The monoisotopic (exact) mass is 362 g/mol. The molecular formula is C17H22ClF3N2O. The van der Waals surface area contributed by atoms with E-state index >= 15 is 0 Å². The highest BCUT2D eigenvalue weighted by molar-refractivity contribution is 5.85. The van der Waals surface area contributed by atoms with Crippen molar-refractivity contribution in [1.29, 1.82) is 0 Å². The molecule has 0 spiro atoms. The van der Waals surface area contributed by atoms with E-state index in [0.717, 1.165) is 44.4 Å². The molecule has 3 nitrogen and oxygen atoms in total. The lowest BCUT2D eigenvalue weighted by atomic mass is 9.67. The Morgan fingerprint density at radius 2 is 2.12 bits per heavy atom. The summed E-state index contributed by atoms with van der Waals surface area (Å²) in [7, 11) is 0. The summed E-state index contributed by atoms with van der Waals surface area (Å²) in [6.07, 6.45) is -0.268. The van der Waals surface area contributed by atoms with Gasteiger partial charge in [0, 0.05) is 13.1 Å². The number of carbonyl (C=O) groups excluding carboxylic acids is 1. The van der Waals surface area contributed by atoms with Gasteiger partial charge in [0.05, 0.1) is 11.0 Å². The van der Waals surface area contributed by atoms with Crippen LogP contribution in [0.5, 0.6) is 0 Å². The van der Waals surface area contributed by atoms with Crippen molar-refractivity contribution in [3.63, 3.8) is 0 Å². The number of amides is 1. The summed E-state index contributed by atoms with van der Waals surface area (Å²) in [5.41, 5.74) is -0.580. The van der Waals surface area contributed by atoms with Crippen LogP contribution in [0, 0.1) is 11.3 Å². The van der Waals surface area contributed by atoms with Crippen molar-refractivity contribution in [2.45, 2.75) is 38.4 Å². The van der Waals surface area contributed by atoms with Gasteiger partial charge in [0.25, 0.3) is 0 Å². The highest BCUT2D eigenvalue weighted by atomic mass is 35.5. The fraction of sp³-hybridized carbons (Fsp3) is 0.588. The number of rotatable bonds is 3. The predicted octanol–water partition coefficient (Wildman–Crippen LogP) is 3.52. The molecule has 2 fully saturated rings. The first kappa shape index (κ1) is 19.1. The van der Waals surface area contributed by atoms with Crippen molar-refractivity contribution in [3.8, 4) is 0 Å². The van der Waals surface area contributed by atoms with Gasteiger partial charge in [-0.1, -0.05) is 25.0 Å². The van der Waals surface area contributed by atoms with Crippen LogP contribution in [0.4, 0.5) is 13.2 Å². The van der Waals surface area contributed by atoms with Crippen LogP contribution in [0.2, 0.25) is 0 Å². The molecule has 3 rings (SSSR count). The van der Waals surface area contributed by atoms with Crippen molar-refractivity contribution in [2.75, 3.05) is 13.1 Å². The Balaban J connectivity index is 0.00000208. The Kier molecular flexibility index (Phi) is 5.81. The molecule has 1 amide bonds. The summed E-state index contributed by atoms with van der Waals surface area (Å²) in [6.45, 7) is 1.67. The Morgan fingerprint density at radius 1 is 1.33 bits per heavy atom. The number of halogens is 4. The van der Waals surface area contributed by atoms with Gasteiger partial charge in [0.2, 0.25) is 5.91 Å². The van der Waals surface area contributed by atoms with E-state index in [1.807, 2.05) is 0 Å². The summed E-state index contributed by atoms with van der Waals surface area (Å²) in [5, 5.41) is 6.17. The minimum absolute atomic E-state index is 0. The molecule has 2 aliphatic rings. The maximum atomic E-state index is 12.7. The highest BCUT2D eigenvalue weighted by Gasteiger charge is 2.49. The number of hydrogen-bond donors (Lipinski definition) is 2. The second-order valence-electron chi connectivity index (χ2n) is 6.61. The first-order valence-corrected chi connectivity index (χ1v) is 8.07. The van der Waals surface area contributed by atoms with Crippen molar-refractivity contribution >= 4 is 18.3 Å². The van der Waals surface area contributed by atoms with Gasteiger partial charge >= 0.3 is 6.18 Å². The van der Waals surface area contributed by atoms with E-state index in [0.29, 0.717) is 18.0 Å². The van der Waals surface area contributed by atoms with E-state index in [4.69, 9.17) is 0 Å². The van der Waals surface area contributed by atoms with Crippen LogP contribution >= 0.6 is 12.4 Å². The molecule has 24 heavy (non-hydrogen) atoms. The van der Waals surface area contributed by atoms with Crippen molar-refractivity contribution < 1.29 is 18.0 Å². The molecule has 2 N–H and O–H groups in total. The third-order valence-electron chi connectivity index (χ3n) is 5.20. The molecule has 0 bridgehead atoms. The standard InChI is InChI=1S/C17H21F3N2O.ClH/c18-17(19,20)13-6-3-4-12(8-13)9-22-15(23)16-7-2-1-5-14(16)10-21-11-16;/h3-4,6,8,14,21H,1-2,5,7,9-11H2,(H,22,23);1H/t14-,16+;/m0./s1. The van der Waals surface area contributed by atoms with Crippen LogP contribution in [0.25, 0.3) is 0 Å². The van der Waals surface area contributed by atoms with Gasteiger partial charge in [-0.3, -0.25) is 4.79 Å². The normalized spacial score (nSPS) is 26.4. The lowest BCUT2D eigenvalue weighted by Crippen LogP contribution is -2.47. The maximum Gasteiger partial charge on any atom is 0.416 e. The SMILES string of the molecule is Cl.O=C(NCc1cccc(C(F)(F)F)c1)[C@@]12CCCC[C@H]1CNC2. The number of benzene rings is 1. The molecule has 1 aromatic rings. The molecule has 7 heteroatoms. The predicted molar refractivity (Wildman–Crippen MR) is 87.8 cm³/mol. The molecule has 1 saturated heterocycles. The molecule has 1 heterocycles. The quantitative estimate of drug-likeness (QED) is 0.863. The Labute approximate surface area is 145 Å². The number of carbonyl (C=O) groups is 1. The van der Waals surface area contributed by atoms with Crippen LogP contribution < -0.4 is 10.6 Å². The van der Waals surface area contributed by atoms with E-state index in [1.165, 1.54) is 6.07 Å². The Hall–Kier alpha value is -1.27. The van der Waals surface area contributed by atoms with Crippen molar-refractivity contribution in [1.82, 2.24) is 10.6 Å². The zero-order chi connectivity index (χ0) is 16.5. The Bertz CT molecular complexity index is 593. The second-order valence-corrected chi connectivity index (χ2v) is 6.61. The van der Waals surface area contributed by atoms with Gasteiger partial charge in [-0.25, -0.2) is 0 Å². The van der Waals surface area contributed by atoms with Crippen LogP contribution in [0.15, 0.2) is 24.3 Å². The lowest BCUT2D eigenvalue weighted by Gasteiger charge is -2.37. The largest absolute Gasteiger partial charge is 0.416 e. The van der Waals surface area contributed by atoms with Gasteiger partial charge < -0.3 is 10.6 Å². The molecule has 1 aromatic carbocycles. The summed E-state index contributed by atoms with van der Waals surface area (Å²) < 4.78 is 38.2. The molecule has 0 aromatic heterocycles. The molecule has 2 atom stereocenters. The van der Waals surface area contributed by atoms with Gasteiger partial charge in [-0.05, 0) is 43.0 Å². The third-order valence-corrected chi connectivity index (χ3v) is 5.20. The van der Waals surface area contributed by atoms with E-state index in [1.54, 1.807) is 6.07 Å². The van der Waals surface area contributed by atoms with E-state index in [-0.39, 0.29) is 30.3 Å². The summed E-state index contributed by atoms with van der Waals surface area (Å²) >= 11 is 0. The van der Waals surface area contributed by atoms with Crippen LogP contribution in [-0.4, -0.2) is 19.0 Å². The number of hydrogen-bond acceptors (Lipinski definition) is 2. The van der Waals surface area contributed by atoms with Crippen LogP contribution in [-0.2, 0) is 17.5 Å². The number of alkyl halides is 3. The molecule has 134 valence electrons. The van der Waals surface area contributed by atoms with Gasteiger partial charge in [0.15, 0.2) is 0 Å². The fourth-order valence-corrected chi connectivity index (χ4v) is 3.91. The zero-order valence-electron chi connectivity index (χ0n) is 13.3. The van der Waals surface area contributed by atoms with Crippen molar-refractivity contribution in [2.24, 2.45) is 11.3 Å². The molecule has 1 saturated carbocycles. The topological polar surface area (TPSA) is 41.1 Å². The fourth-order valence-electron chi connectivity index (χ4n) is 3.91. The molecular weight excluding hydrogens is 341 g/mol. The number of nitrogens with one attached hydrogen (secondary N) is 2. The van der Waals surface area contributed by atoms with E-state index in [2.05, 4.69) is 10.6 Å². The first-order valence-electron chi connectivity index (χ1n) is 8.07. The smallest absolute Gasteiger partial charge is 0.351 e. The Morgan fingerprint density at radius 3 is 2.88 bits per heavy atom.